The van der Waals surface area contributed by atoms with Crippen molar-refractivity contribution in [2.24, 2.45) is 0 Å². The molecule has 4 heterocycles. The highest BCUT2D eigenvalue weighted by atomic mass is 35.5. The van der Waals surface area contributed by atoms with Crippen molar-refractivity contribution in [3.63, 3.8) is 0 Å². The number of nitrogens with one attached hydrogen (secondary N) is 1. The molecule has 0 atom stereocenters. The van der Waals surface area contributed by atoms with Gasteiger partial charge in [0.05, 0.1) is 17.6 Å². The van der Waals surface area contributed by atoms with E-state index in [-0.39, 0.29) is 18.5 Å². The summed E-state index contributed by atoms with van der Waals surface area (Å²) in [5, 5.41) is 3.34. The first-order valence-electron chi connectivity index (χ1n) is 7.72. The third-order valence-corrected chi connectivity index (χ3v) is 4.02. The first-order chi connectivity index (χ1) is 11.3. The van der Waals surface area contributed by atoms with Crippen LogP contribution in [0.1, 0.15) is 12.8 Å². The lowest BCUT2D eigenvalue weighted by Gasteiger charge is -2.23. The van der Waals surface area contributed by atoms with Gasteiger partial charge in [0, 0.05) is 18.3 Å². The Morgan fingerprint density at radius 3 is 2.79 bits per heavy atom. The number of imidazole rings is 1. The molecule has 4 rings (SSSR count). The number of fused-ring (bicyclic) bond motifs is 1. The molecule has 0 unspecified atom stereocenters. The van der Waals surface area contributed by atoms with E-state index in [1.54, 1.807) is 12.3 Å². The van der Waals surface area contributed by atoms with Crippen LogP contribution in [-0.2, 0) is 0 Å². The molecule has 1 aliphatic rings. The maximum absolute atomic E-state index is 6.06. The monoisotopic (exact) mass is 346 g/mol. The van der Waals surface area contributed by atoms with Crippen LogP contribution in [0, 0.1) is 0 Å². The van der Waals surface area contributed by atoms with Crippen molar-refractivity contribution in [2.75, 3.05) is 18.8 Å². The Hall–Kier alpha value is -2.38. The van der Waals surface area contributed by atoms with Gasteiger partial charge in [0.2, 0.25) is 0 Å². The molecule has 0 spiro atoms. The number of ether oxygens (including phenoxy) is 1. The number of rotatable bonds is 3. The molecule has 3 N–H and O–H groups in total. The van der Waals surface area contributed by atoms with E-state index in [2.05, 4.69) is 20.3 Å². The Bertz CT molecular complexity index is 830. The van der Waals surface area contributed by atoms with Gasteiger partial charge in [-0.05, 0) is 32.0 Å². The Balaban J connectivity index is 0.00000169. The third kappa shape index (κ3) is 3.27. The van der Waals surface area contributed by atoms with Gasteiger partial charge in [-0.3, -0.25) is 4.40 Å². The molecule has 1 aliphatic heterocycles. The summed E-state index contributed by atoms with van der Waals surface area (Å²) in [7, 11) is 0. The van der Waals surface area contributed by atoms with Gasteiger partial charge in [0.15, 0.2) is 0 Å². The smallest absolute Gasteiger partial charge is 0.140 e. The zero-order chi connectivity index (χ0) is 15.6. The lowest BCUT2D eigenvalue weighted by molar-refractivity contribution is 0.162. The Labute approximate surface area is 145 Å². The Morgan fingerprint density at radius 1 is 1.17 bits per heavy atom. The van der Waals surface area contributed by atoms with Crippen LogP contribution in [-0.4, -0.2) is 38.5 Å². The zero-order valence-corrected chi connectivity index (χ0v) is 13.9. The minimum atomic E-state index is 0. The van der Waals surface area contributed by atoms with E-state index >= 15 is 0 Å². The van der Waals surface area contributed by atoms with E-state index in [9.17, 15) is 0 Å². The summed E-state index contributed by atoms with van der Waals surface area (Å²) < 4.78 is 8.03. The van der Waals surface area contributed by atoms with E-state index in [4.69, 9.17) is 10.5 Å². The number of anilines is 1. The summed E-state index contributed by atoms with van der Waals surface area (Å²) in [6.07, 6.45) is 7.53. The number of nitrogens with zero attached hydrogens (tertiary/aromatic N) is 4. The van der Waals surface area contributed by atoms with Crippen LogP contribution >= 0.6 is 12.4 Å². The number of nitrogen functional groups attached to an aromatic ring is 1. The van der Waals surface area contributed by atoms with Crippen molar-refractivity contribution in [3.8, 4) is 17.1 Å². The van der Waals surface area contributed by atoms with Crippen molar-refractivity contribution >= 4 is 23.9 Å². The number of halogens is 1. The van der Waals surface area contributed by atoms with Crippen LogP contribution in [0.5, 0.6) is 5.75 Å². The molecule has 0 saturated carbocycles. The molecule has 0 radical (unpaired) electrons. The SMILES string of the molecule is Cl.Nc1cc(-c2cnc3cc(OC4CCNCC4)ccn23)ncn1. The normalized spacial score (nSPS) is 15.2. The summed E-state index contributed by atoms with van der Waals surface area (Å²) in [5.74, 6) is 1.29. The van der Waals surface area contributed by atoms with Gasteiger partial charge in [-0.1, -0.05) is 0 Å². The molecule has 0 bridgehead atoms. The minimum Gasteiger partial charge on any atom is -0.490 e. The number of aromatic nitrogens is 4. The molecule has 3 aromatic heterocycles. The number of pyridine rings is 1. The topological polar surface area (TPSA) is 90.4 Å². The average molecular weight is 347 g/mol. The van der Waals surface area contributed by atoms with Crippen LogP contribution < -0.4 is 15.8 Å². The fourth-order valence-corrected chi connectivity index (χ4v) is 2.84. The molecular formula is C16H19ClN6O. The van der Waals surface area contributed by atoms with E-state index in [1.807, 2.05) is 22.7 Å². The number of hydrogen-bond acceptors (Lipinski definition) is 6. The second-order valence-corrected chi connectivity index (χ2v) is 5.63. The maximum Gasteiger partial charge on any atom is 0.140 e. The summed E-state index contributed by atoms with van der Waals surface area (Å²) >= 11 is 0. The second-order valence-electron chi connectivity index (χ2n) is 5.63. The van der Waals surface area contributed by atoms with Crippen molar-refractivity contribution in [3.05, 3.63) is 36.9 Å². The highest BCUT2D eigenvalue weighted by Crippen LogP contribution is 2.23. The Kier molecular flexibility index (Phi) is 4.82. The van der Waals surface area contributed by atoms with Crippen molar-refractivity contribution in [2.45, 2.75) is 18.9 Å². The van der Waals surface area contributed by atoms with Gasteiger partial charge < -0.3 is 15.8 Å². The Morgan fingerprint density at radius 2 is 2.00 bits per heavy atom. The predicted octanol–water partition coefficient (Wildman–Crippen LogP) is 1.93. The first kappa shape index (κ1) is 16.5. The summed E-state index contributed by atoms with van der Waals surface area (Å²) in [6, 6.07) is 5.66. The molecule has 0 aromatic carbocycles. The molecule has 0 aliphatic carbocycles. The van der Waals surface area contributed by atoms with Gasteiger partial charge in [0.1, 0.15) is 29.6 Å². The van der Waals surface area contributed by atoms with Gasteiger partial charge in [0.25, 0.3) is 0 Å². The maximum atomic E-state index is 6.06. The summed E-state index contributed by atoms with van der Waals surface area (Å²) in [6.45, 7) is 2.02. The molecule has 8 heteroatoms. The largest absolute Gasteiger partial charge is 0.490 e. The van der Waals surface area contributed by atoms with Crippen LogP contribution in [0.25, 0.3) is 17.0 Å². The second kappa shape index (κ2) is 7.02. The molecule has 1 saturated heterocycles. The number of piperidine rings is 1. The average Bonchev–Trinajstić information content (AvgIpc) is 2.99. The van der Waals surface area contributed by atoms with Gasteiger partial charge in [-0.2, -0.15) is 0 Å². The van der Waals surface area contributed by atoms with Gasteiger partial charge >= 0.3 is 0 Å². The van der Waals surface area contributed by atoms with E-state index in [0.29, 0.717) is 5.82 Å². The molecule has 7 nitrogen and oxygen atoms in total. The van der Waals surface area contributed by atoms with E-state index in [0.717, 1.165) is 48.7 Å². The standard InChI is InChI=1S/C16H18N6O.ClH/c17-15-8-13(20-10-21-15)14-9-19-16-7-12(3-6-22(14)16)23-11-1-4-18-5-2-11;/h3,6-11,18H,1-2,4-5H2,(H2,17,20,21);1H. The molecule has 1 fully saturated rings. The summed E-state index contributed by atoms with van der Waals surface area (Å²) in [5.41, 5.74) is 8.18. The fourth-order valence-electron chi connectivity index (χ4n) is 2.84. The predicted molar refractivity (Wildman–Crippen MR) is 94.4 cm³/mol. The molecular weight excluding hydrogens is 328 g/mol. The molecule has 0 amide bonds. The molecule has 126 valence electrons. The van der Waals surface area contributed by atoms with Crippen molar-refractivity contribution < 1.29 is 4.74 Å². The van der Waals surface area contributed by atoms with Crippen LogP contribution in [0.3, 0.4) is 0 Å². The zero-order valence-electron chi connectivity index (χ0n) is 13.1. The van der Waals surface area contributed by atoms with Gasteiger partial charge in [-0.15, -0.1) is 12.4 Å². The van der Waals surface area contributed by atoms with Crippen molar-refractivity contribution in [1.82, 2.24) is 24.7 Å². The lowest BCUT2D eigenvalue weighted by Crippen LogP contribution is -2.34. The van der Waals surface area contributed by atoms with Gasteiger partial charge in [-0.25, -0.2) is 15.0 Å². The first-order valence-corrected chi connectivity index (χ1v) is 7.72. The highest BCUT2D eigenvalue weighted by Gasteiger charge is 2.15. The fraction of sp³-hybridized carbons (Fsp3) is 0.312. The van der Waals surface area contributed by atoms with E-state index in [1.165, 1.54) is 6.33 Å². The highest BCUT2D eigenvalue weighted by molar-refractivity contribution is 5.85. The van der Waals surface area contributed by atoms with E-state index < -0.39 is 0 Å². The quantitative estimate of drug-likeness (QED) is 0.753. The third-order valence-electron chi connectivity index (χ3n) is 4.02. The molecule has 3 aromatic rings. The van der Waals surface area contributed by atoms with Crippen LogP contribution in [0.15, 0.2) is 36.9 Å². The lowest BCUT2D eigenvalue weighted by atomic mass is 10.1. The number of hydrogen-bond donors (Lipinski definition) is 2. The van der Waals surface area contributed by atoms with Crippen LogP contribution in [0.4, 0.5) is 5.82 Å². The number of nitrogens with two attached hydrogens (primary N) is 1. The molecule has 24 heavy (non-hydrogen) atoms. The van der Waals surface area contributed by atoms with Crippen LogP contribution in [0.2, 0.25) is 0 Å². The minimum absolute atomic E-state index is 0. The van der Waals surface area contributed by atoms with Crippen molar-refractivity contribution in [1.29, 1.82) is 0 Å². The summed E-state index contributed by atoms with van der Waals surface area (Å²) in [4.78, 5) is 12.6.